The zero-order valence-electron chi connectivity index (χ0n) is 10.9. The van der Waals surface area contributed by atoms with Crippen LogP contribution in [0.3, 0.4) is 0 Å². The molecule has 0 aromatic heterocycles. The van der Waals surface area contributed by atoms with Crippen LogP contribution >= 0.6 is 0 Å². The summed E-state index contributed by atoms with van der Waals surface area (Å²) in [6.07, 6.45) is 1.01. The van der Waals surface area contributed by atoms with E-state index in [1.54, 1.807) is 0 Å². The van der Waals surface area contributed by atoms with Gasteiger partial charge in [0.1, 0.15) is 0 Å². The number of aliphatic carboxylic acids is 1. The van der Waals surface area contributed by atoms with E-state index in [2.05, 4.69) is 40.0 Å². The normalized spacial score (nSPS) is 17.5. The zero-order chi connectivity index (χ0) is 13.4. The number of anilines is 2. The van der Waals surface area contributed by atoms with Crippen LogP contribution in [-0.2, 0) is 11.2 Å². The van der Waals surface area contributed by atoms with Crippen LogP contribution in [0.1, 0.15) is 12.5 Å². The van der Waals surface area contributed by atoms with Crippen molar-refractivity contribution in [3.8, 4) is 12.0 Å². The van der Waals surface area contributed by atoms with Gasteiger partial charge >= 0.3 is 5.97 Å². The maximum Gasteiger partial charge on any atom is 0.310 e. The molecule has 4 nitrogen and oxygen atoms in total. The Hall–Kier alpha value is -2.15. The number of nitrogens with zero attached hydrogens (tertiary/aromatic N) is 2. The van der Waals surface area contributed by atoms with E-state index in [9.17, 15) is 4.79 Å². The largest absolute Gasteiger partial charge is 0.481 e. The lowest BCUT2D eigenvalue weighted by molar-refractivity contribution is -0.142. The summed E-state index contributed by atoms with van der Waals surface area (Å²) in [5.74, 6) is 2.02. The van der Waals surface area contributed by atoms with Crippen LogP contribution in [0.4, 0.5) is 11.4 Å². The first-order valence-corrected chi connectivity index (χ1v) is 6.49. The lowest BCUT2D eigenvalue weighted by atomic mass is 9.99. The highest BCUT2D eigenvalue weighted by atomic mass is 16.4. The third kappa shape index (κ3) is 2.01. The van der Waals surface area contributed by atoms with E-state index in [1.807, 2.05) is 6.92 Å². The van der Waals surface area contributed by atoms with Crippen molar-refractivity contribution in [2.24, 2.45) is 5.92 Å². The highest BCUT2D eigenvalue weighted by Gasteiger charge is 2.33. The van der Waals surface area contributed by atoms with E-state index in [-0.39, 0.29) is 5.92 Å². The molecule has 98 valence electrons. The Balaban J connectivity index is 1.77. The number of hydrogen-bond acceptors (Lipinski definition) is 3. The number of carboxylic acids is 1. The maximum absolute atomic E-state index is 10.8. The number of rotatable bonds is 2. The molecule has 0 radical (unpaired) electrons. The molecule has 3 rings (SSSR count). The second-order valence-corrected chi connectivity index (χ2v) is 5.02. The summed E-state index contributed by atoms with van der Waals surface area (Å²) in [6.45, 7) is 4.02. The Morgan fingerprint density at radius 3 is 2.89 bits per heavy atom. The lowest BCUT2D eigenvalue weighted by Gasteiger charge is -2.38. The van der Waals surface area contributed by atoms with Crippen molar-refractivity contribution >= 4 is 17.3 Å². The van der Waals surface area contributed by atoms with Crippen LogP contribution in [0.5, 0.6) is 0 Å². The maximum atomic E-state index is 10.8. The van der Waals surface area contributed by atoms with Crippen LogP contribution in [0.25, 0.3) is 0 Å². The van der Waals surface area contributed by atoms with E-state index in [0.29, 0.717) is 13.1 Å². The standard InChI is InChI=1S/C15H16N2O2/c1-2-6-16-7-5-11-8-13(3-4-14(11)16)17-9-12(10-17)15(18)19/h3-4,8,12H,5,7,9-10H2,1H3,(H,18,19). The lowest BCUT2D eigenvalue weighted by Crippen LogP contribution is -2.50. The van der Waals surface area contributed by atoms with Gasteiger partial charge in [-0.05, 0) is 37.1 Å². The smallest absolute Gasteiger partial charge is 0.310 e. The summed E-state index contributed by atoms with van der Waals surface area (Å²) >= 11 is 0. The van der Waals surface area contributed by atoms with E-state index in [4.69, 9.17) is 5.11 Å². The number of fused-ring (bicyclic) bond motifs is 1. The first-order chi connectivity index (χ1) is 9.19. The van der Waals surface area contributed by atoms with Crippen LogP contribution in [-0.4, -0.2) is 30.7 Å². The molecular weight excluding hydrogens is 240 g/mol. The zero-order valence-corrected chi connectivity index (χ0v) is 10.9. The minimum absolute atomic E-state index is 0.212. The molecular formula is C15H16N2O2. The molecule has 0 spiro atoms. The average molecular weight is 256 g/mol. The van der Waals surface area contributed by atoms with Crippen molar-refractivity contribution < 1.29 is 9.90 Å². The van der Waals surface area contributed by atoms with Gasteiger partial charge in [-0.3, -0.25) is 4.79 Å². The van der Waals surface area contributed by atoms with Crippen molar-refractivity contribution in [2.75, 3.05) is 29.4 Å². The molecule has 2 aliphatic rings. The molecule has 1 aromatic carbocycles. The van der Waals surface area contributed by atoms with Gasteiger partial charge in [0, 0.05) is 31.4 Å². The molecule has 2 heterocycles. The van der Waals surface area contributed by atoms with Crippen molar-refractivity contribution in [1.29, 1.82) is 0 Å². The molecule has 0 aliphatic carbocycles. The first kappa shape index (κ1) is 11.9. The molecule has 19 heavy (non-hydrogen) atoms. The minimum atomic E-state index is -0.693. The summed E-state index contributed by atoms with van der Waals surface area (Å²) in [5.41, 5.74) is 3.62. The Morgan fingerprint density at radius 2 is 2.21 bits per heavy atom. The molecule has 0 atom stereocenters. The van der Waals surface area contributed by atoms with E-state index in [1.165, 1.54) is 11.3 Å². The molecule has 1 N–H and O–H groups in total. The SMILES string of the molecule is CC#CN1CCc2cc(N3CC(C(=O)O)C3)ccc21. The van der Waals surface area contributed by atoms with Crippen molar-refractivity contribution in [2.45, 2.75) is 13.3 Å². The van der Waals surface area contributed by atoms with Gasteiger partial charge in [-0.2, -0.15) is 0 Å². The third-order valence-corrected chi connectivity index (χ3v) is 3.80. The molecule has 0 unspecified atom stereocenters. The van der Waals surface area contributed by atoms with E-state index in [0.717, 1.165) is 18.7 Å². The topological polar surface area (TPSA) is 43.8 Å². The van der Waals surface area contributed by atoms with Crippen LogP contribution < -0.4 is 9.80 Å². The van der Waals surface area contributed by atoms with Crippen molar-refractivity contribution in [1.82, 2.24) is 0 Å². The van der Waals surface area contributed by atoms with Gasteiger partial charge in [0.05, 0.1) is 11.6 Å². The molecule has 1 fully saturated rings. The van der Waals surface area contributed by atoms with Gasteiger partial charge < -0.3 is 14.9 Å². The number of benzene rings is 1. The second kappa shape index (κ2) is 4.51. The number of hydrogen-bond donors (Lipinski definition) is 1. The van der Waals surface area contributed by atoms with Crippen LogP contribution in [0.15, 0.2) is 18.2 Å². The molecule has 0 saturated carbocycles. The van der Waals surface area contributed by atoms with E-state index >= 15 is 0 Å². The van der Waals surface area contributed by atoms with Crippen LogP contribution in [0.2, 0.25) is 0 Å². The second-order valence-electron chi connectivity index (χ2n) is 5.02. The van der Waals surface area contributed by atoms with E-state index < -0.39 is 5.97 Å². The fraction of sp³-hybridized carbons (Fsp3) is 0.400. The molecule has 1 aromatic rings. The molecule has 4 heteroatoms. The molecule has 0 bridgehead atoms. The highest BCUT2D eigenvalue weighted by Crippen LogP contribution is 2.33. The Morgan fingerprint density at radius 1 is 1.42 bits per heavy atom. The predicted octanol–water partition coefficient (Wildman–Crippen LogP) is 1.55. The number of carboxylic acid groups (broad SMARTS) is 1. The quantitative estimate of drug-likeness (QED) is 0.815. The number of carbonyl (C=O) groups is 1. The summed E-state index contributed by atoms with van der Waals surface area (Å²) < 4.78 is 0. The minimum Gasteiger partial charge on any atom is -0.481 e. The Kier molecular flexibility index (Phi) is 2.83. The van der Waals surface area contributed by atoms with Gasteiger partial charge in [0.25, 0.3) is 0 Å². The summed E-state index contributed by atoms with van der Waals surface area (Å²) in [5, 5.41) is 8.90. The molecule has 0 amide bonds. The first-order valence-electron chi connectivity index (χ1n) is 6.49. The molecule has 1 saturated heterocycles. The van der Waals surface area contributed by atoms with Gasteiger partial charge in [-0.1, -0.05) is 5.92 Å². The van der Waals surface area contributed by atoms with Gasteiger partial charge in [-0.25, -0.2) is 0 Å². The van der Waals surface area contributed by atoms with Gasteiger partial charge in [0.15, 0.2) is 0 Å². The molecule has 2 aliphatic heterocycles. The summed E-state index contributed by atoms with van der Waals surface area (Å²) in [4.78, 5) is 15.0. The predicted molar refractivity (Wildman–Crippen MR) is 74.3 cm³/mol. The fourth-order valence-corrected chi connectivity index (χ4v) is 2.68. The monoisotopic (exact) mass is 256 g/mol. The third-order valence-electron chi connectivity index (χ3n) is 3.80. The van der Waals surface area contributed by atoms with Gasteiger partial charge in [-0.15, -0.1) is 0 Å². The van der Waals surface area contributed by atoms with Crippen LogP contribution in [0, 0.1) is 17.9 Å². The Bertz CT molecular complexity index is 580. The summed E-state index contributed by atoms with van der Waals surface area (Å²) in [6, 6.07) is 9.42. The highest BCUT2D eigenvalue weighted by molar-refractivity contribution is 5.75. The fourth-order valence-electron chi connectivity index (χ4n) is 2.68. The van der Waals surface area contributed by atoms with Crippen molar-refractivity contribution in [3.05, 3.63) is 23.8 Å². The van der Waals surface area contributed by atoms with Crippen molar-refractivity contribution in [3.63, 3.8) is 0 Å². The average Bonchev–Trinajstić information content (AvgIpc) is 2.70. The van der Waals surface area contributed by atoms with Gasteiger partial charge in [0.2, 0.25) is 0 Å². The Labute approximate surface area is 112 Å². The summed E-state index contributed by atoms with van der Waals surface area (Å²) in [7, 11) is 0.